The summed E-state index contributed by atoms with van der Waals surface area (Å²) in [6, 6.07) is 5.57. The Kier molecular flexibility index (Phi) is 3.81. The van der Waals surface area contributed by atoms with Crippen LogP contribution in [0.15, 0.2) is 23.8 Å². The summed E-state index contributed by atoms with van der Waals surface area (Å²) in [5.74, 6) is -1.92. The van der Waals surface area contributed by atoms with Crippen LogP contribution < -0.4 is 11.1 Å². The lowest BCUT2D eigenvalue weighted by molar-refractivity contribution is -0.144. The molecule has 1 aromatic heterocycles. The molecular weight excluding hydrogens is 368 g/mol. The van der Waals surface area contributed by atoms with Crippen molar-refractivity contribution in [2.75, 3.05) is 5.32 Å². The number of hydrogen-bond acceptors (Lipinski definition) is 5. The molecular formula is C13H7Cl2F3N6. The summed E-state index contributed by atoms with van der Waals surface area (Å²) in [7, 11) is 0. The Balaban J connectivity index is 2.18. The fraction of sp³-hybridized carbons (Fsp3) is 0.154. The molecule has 1 aliphatic heterocycles. The first-order valence-electron chi connectivity index (χ1n) is 6.39. The standard InChI is InChI=1S/C13H7Cl2F3N6/c14-6-2-1-3-7(15)8(6)9-5(4-19)10(20)24-12(21-9)22-11(23-24)13(16,17)18/h1-3,9H,20H2,(H,21,22,23)/t9-/m1/s1. The van der Waals surface area contributed by atoms with Crippen molar-refractivity contribution in [3.05, 3.63) is 45.2 Å². The smallest absolute Gasteiger partial charge is 0.383 e. The van der Waals surface area contributed by atoms with Gasteiger partial charge in [-0.15, -0.1) is 5.10 Å². The number of halogens is 5. The van der Waals surface area contributed by atoms with Gasteiger partial charge < -0.3 is 11.1 Å². The second-order valence-corrected chi connectivity index (χ2v) is 5.61. The largest absolute Gasteiger partial charge is 0.453 e. The first-order chi connectivity index (χ1) is 11.2. The Morgan fingerprint density at radius 2 is 1.92 bits per heavy atom. The van der Waals surface area contributed by atoms with E-state index < -0.39 is 18.0 Å². The lowest BCUT2D eigenvalue weighted by atomic mass is 9.98. The topological polar surface area (TPSA) is 92.5 Å². The number of benzene rings is 1. The van der Waals surface area contributed by atoms with Crippen molar-refractivity contribution >= 4 is 35.0 Å². The number of nitrogens with two attached hydrogens (primary N) is 1. The van der Waals surface area contributed by atoms with Crippen LogP contribution in [0.25, 0.3) is 5.82 Å². The van der Waals surface area contributed by atoms with Crippen LogP contribution in [0.5, 0.6) is 0 Å². The van der Waals surface area contributed by atoms with Crippen LogP contribution in [-0.4, -0.2) is 14.8 Å². The van der Waals surface area contributed by atoms with Gasteiger partial charge in [0.15, 0.2) is 0 Å². The summed E-state index contributed by atoms with van der Waals surface area (Å²) in [5.41, 5.74) is 6.05. The molecule has 124 valence electrons. The summed E-state index contributed by atoms with van der Waals surface area (Å²) < 4.78 is 39.1. The van der Waals surface area contributed by atoms with E-state index in [-0.39, 0.29) is 27.4 Å². The van der Waals surface area contributed by atoms with E-state index in [2.05, 4.69) is 15.4 Å². The molecule has 0 bridgehead atoms. The second kappa shape index (κ2) is 5.58. The Labute approximate surface area is 143 Å². The number of nitrogens with one attached hydrogen (secondary N) is 1. The van der Waals surface area contributed by atoms with E-state index in [1.54, 1.807) is 6.07 Å². The molecule has 0 saturated heterocycles. The minimum absolute atomic E-state index is 0.0730. The predicted octanol–water partition coefficient (Wildman–Crippen LogP) is 3.42. The first kappa shape index (κ1) is 16.4. The zero-order valence-electron chi connectivity index (χ0n) is 11.6. The van der Waals surface area contributed by atoms with Gasteiger partial charge in [0, 0.05) is 15.6 Å². The highest BCUT2D eigenvalue weighted by Crippen LogP contribution is 2.40. The number of hydrogen-bond donors (Lipinski definition) is 2. The fourth-order valence-corrected chi connectivity index (χ4v) is 2.90. The summed E-state index contributed by atoms with van der Waals surface area (Å²) >= 11 is 12.2. The first-order valence-corrected chi connectivity index (χ1v) is 7.14. The van der Waals surface area contributed by atoms with Crippen LogP contribution in [0.3, 0.4) is 0 Å². The van der Waals surface area contributed by atoms with Crippen molar-refractivity contribution in [3.63, 3.8) is 0 Å². The van der Waals surface area contributed by atoms with Gasteiger partial charge in [0.1, 0.15) is 11.9 Å². The van der Waals surface area contributed by atoms with E-state index in [4.69, 9.17) is 28.9 Å². The molecule has 0 aliphatic carbocycles. The summed E-state index contributed by atoms with van der Waals surface area (Å²) in [5, 5.41) is 15.8. The normalized spacial score (nSPS) is 17.2. The molecule has 2 aromatic rings. The van der Waals surface area contributed by atoms with Crippen LogP contribution in [0.1, 0.15) is 17.4 Å². The van der Waals surface area contributed by atoms with Crippen molar-refractivity contribution in [2.24, 2.45) is 5.73 Å². The Bertz CT molecular complexity index is 876. The quantitative estimate of drug-likeness (QED) is 0.797. The highest BCUT2D eigenvalue weighted by atomic mass is 35.5. The van der Waals surface area contributed by atoms with Gasteiger partial charge in [0.25, 0.3) is 5.82 Å². The van der Waals surface area contributed by atoms with E-state index in [9.17, 15) is 18.4 Å². The number of fused-ring (bicyclic) bond motifs is 1. The van der Waals surface area contributed by atoms with Crippen molar-refractivity contribution in [3.8, 4) is 6.07 Å². The lowest BCUT2D eigenvalue weighted by Crippen LogP contribution is -2.27. The summed E-state index contributed by atoms with van der Waals surface area (Å²) in [4.78, 5) is 3.38. The number of rotatable bonds is 1. The highest BCUT2D eigenvalue weighted by molar-refractivity contribution is 6.36. The van der Waals surface area contributed by atoms with Crippen molar-refractivity contribution < 1.29 is 13.2 Å². The monoisotopic (exact) mass is 374 g/mol. The number of anilines is 1. The molecule has 24 heavy (non-hydrogen) atoms. The van der Waals surface area contributed by atoms with Crippen LogP contribution >= 0.6 is 23.2 Å². The van der Waals surface area contributed by atoms with Crippen LogP contribution in [-0.2, 0) is 6.18 Å². The summed E-state index contributed by atoms with van der Waals surface area (Å²) in [6.45, 7) is 0. The van der Waals surface area contributed by atoms with E-state index in [1.165, 1.54) is 12.1 Å². The SMILES string of the molecule is N#CC1=C(N)n2nc(C(F)(F)F)nc2N[C@H]1c1c(Cl)cccc1Cl. The van der Waals surface area contributed by atoms with Gasteiger partial charge in [0.2, 0.25) is 5.95 Å². The third-order valence-electron chi connectivity index (χ3n) is 3.34. The Morgan fingerprint density at radius 1 is 1.29 bits per heavy atom. The van der Waals surface area contributed by atoms with E-state index in [0.29, 0.717) is 5.56 Å². The van der Waals surface area contributed by atoms with E-state index >= 15 is 0 Å². The van der Waals surface area contributed by atoms with E-state index in [0.717, 1.165) is 4.68 Å². The Hall–Kier alpha value is -2.44. The van der Waals surface area contributed by atoms with Gasteiger partial charge in [-0.05, 0) is 12.1 Å². The molecule has 2 heterocycles. The minimum atomic E-state index is -4.75. The van der Waals surface area contributed by atoms with Gasteiger partial charge in [-0.3, -0.25) is 0 Å². The van der Waals surface area contributed by atoms with Gasteiger partial charge in [-0.2, -0.15) is 28.1 Å². The molecule has 1 aliphatic rings. The molecule has 1 aromatic carbocycles. The molecule has 0 fully saturated rings. The number of nitriles is 1. The highest BCUT2D eigenvalue weighted by Gasteiger charge is 2.40. The zero-order chi connectivity index (χ0) is 17.6. The maximum Gasteiger partial charge on any atom is 0.453 e. The molecule has 3 N–H and O–H groups in total. The zero-order valence-corrected chi connectivity index (χ0v) is 13.1. The fourth-order valence-electron chi connectivity index (χ4n) is 2.28. The van der Waals surface area contributed by atoms with Gasteiger partial charge >= 0.3 is 6.18 Å². The molecule has 0 amide bonds. The predicted molar refractivity (Wildman–Crippen MR) is 80.9 cm³/mol. The average Bonchev–Trinajstić information content (AvgIpc) is 2.92. The maximum absolute atomic E-state index is 12.8. The van der Waals surface area contributed by atoms with Crippen LogP contribution in [0.2, 0.25) is 10.0 Å². The molecule has 6 nitrogen and oxygen atoms in total. The lowest BCUT2D eigenvalue weighted by Gasteiger charge is -2.26. The third kappa shape index (κ3) is 2.53. The molecule has 3 rings (SSSR count). The molecule has 0 saturated carbocycles. The Morgan fingerprint density at radius 3 is 2.46 bits per heavy atom. The maximum atomic E-state index is 12.8. The van der Waals surface area contributed by atoms with Crippen LogP contribution in [0, 0.1) is 11.3 Å². The number of alkyl halides is 3. The molecule has 0 unspecified atom stereocenters. The van der Waals surface area contributed by atoms with Crippen LogP contribution in [0.4, 0.5) is 19.1 Å². The van der Waals surface area contributed by atoms with Gasteiger partial charge in [-0.1, -0.05) is 29.3 Å². The molecule has 11 heteroatoms. The second-order valence-electron chi connectivity index (χ2n) is 4.79. The van der Waals surface area contributed by atoms with Crippen molar-refractivity contribution in [1.29, 1.82) is 5.26 Å². The average molecular weight is 375 g/mol. The third-order valence-corrected chi connectivity index (χ3v) is 3.99. The van der Waals surface area contributed by atoms with Crippen molar-refractivity contribution in [1.82, 2.24) is 14.8 Å². The molecule has 0 spiro atoms. The summed E-state index contributed by atoms with van der Waals surface area (Å²) in [6.07, 6.45) is -4.75. The van der Waals surface area contributed by atoms with Crippen molar-refractivity contribution in [2.45, 2.75) is 12.2 Å². The minimum Gasteiger partial charge on any atom is -0.383 e. The van der Waals surface area contributed by atoms with Gasteiger partial charge in [-0.25, -0.2) is 0 Å². The van der Waals surface area contributed by atoms with Gasteiger partial charge in [0.05, 0.1) is 11.6 Å². The molecule has 0 radical (unpaired) electrons. The van der Waals surface area contributed by atoms with E-state index in [1.807, 2.05) is 6.07 Å². The number of aromatic nitrogens is 3. The number of nitrogens with zero attached hydrogens (tertiary/aromatic N) is 4. The molecule has 1 atom stereocenters.